The third-order valence-corrected chi connectivity index (χ3v) is 4.90. The van der Waals surface area contributed by atoms with E-state index in [-0.39, 0.29) is 17.1 Å². The van der Waals surface area contributed by atoms with Crippen molar-refractivity contribution in [3.8, 4) is 0 Å². The number of benzene rings is 1. The quantitative estimate of drug-likeness (QED) is 0.613. The van der Waals surface area contributed by atoms with Crippen molar-refractivity contribution in [2.45, 2.75) is 13.3 Å². The monoisotopic (exact) mass is 408 g/mol. The lowest BCUT2D eigenvalue weighted by Crippen LogP contribution is -2.28. The molecule has 0 atom stereocenters. The van der Waals surface area contributed by atoms with Gasteiger partial charge in [0.2, 0.25) is 0 Å². The van der Waals surface area contributed by atoms with Gasteiger partial charge in [0.1, 0.15) is 5.56 Å². The molecule has 3 rings (SSSR count). The van der Waals surface area contributed by atoms with E-state index < -0.39 is 0 Å². The Kier molecular flexibility index (Phi) is 5.84. The molecule has 0 aliphatic rings. The van der Waals surface area contributed by atoms with Gasteiger partial charge in [-0.1, -0.05) is 29.3 Å². The number of halogens is 2. The number of fused-ring (bicyclic) bond motifs is 1. The zero-order valence-electron chi connectivity index (χ0n) is 14.8. The molecule has 2 aromatic heterocycles. The Hall–Kier alpha value is -2.35. The van der Waals surface area contributed by atoms with Crippen LogP contribution in [0.15, 0.2) is 29.2 Å². The van der Waals surface area contributed by atoms with Gasteiger partial charge in [-0.15, -0.1) is 0 Å². The Bertz CT molecular complexity index is 1060. The summed E-state index contributed by atoms with van der Waals surface area (Å²) in [7, 11) is 1.55. The van der Waals surface area contributed by atoms with Crippen LogP contribution in [-0.2, 0) is 11.2 Å². The molecule has 2 heterocycles. The first kappa shape index (κ1) is 19.4. The van der Waals surface area contributed by atoms with E-state index in [0.29, 0.717) is 46.4 Å². The summed E-state index contributed by atoms with van der Waals surface area (Å²) >= 11 is 12.0. The minimum atomic E-state index is -0.325. The molecular weight excluding hydrogens is 391 g/mol. The molecule has 0 radical (unpaired) electrons. The van der Waals surface area contributed by atoms with Crippen LogP contribution in [0.25, 0.3) is 5.65 Å². The fourth-order valence-electron chi connectivity index (χ4n) is 2.74. The SMILES string of the molecule is COCCNC(=O)c1c[nH]n2c(=O)c(Cc3ccc(Cl)c(Cl)c3)c(C)nc12. The normalized spacial score (nSPS) is 11.1. The van der Waals surface area contributed by atoms with Gasteiger partial charge in [-0.25, -0.2) is 9.50 Å². The number of nitrogens with one attached hydrogen (secondary N) is 2. The van der Waals surface area contributed by atoms with Gasteiger partial charge >= 0.3 is 0 Å². The van der Waals surface area contributed by atoms with Gasteiger partial charge in [0.05, 0.1) is 16.7 Å². The van der Waals surface area contributed by atoms with Gasteiger partial charge in [-0.2, -0.15) is 0 Å². The smallest absolute Gasteiger partial charge is 0.276 e. The van der Waals surface area contributed by atoms with Crippen molar-refractivity contribution in [2.75, 3.05) is 20.3 Å². The highest BCUT2D eigenvalue weighted by atomic mass is 35.5. The van der Waals surface area contributed by atoms with Crippen molar-refractivity contribution in [2.24, 2.45) is 0 Å². The minimum Gasteiger partial charge on any atom is -0.383 e. The Morgan fingerprint density at radius 1 is 1.33 bits per heavy atom. The van der Waals surface area contributed by atoms with E-state index in [0.717, 1.165) is 5.56 Å². The molecule has 142 valence electrons. The van der Waals surface area contributed by atoms with Crippen molar-refractivity contribution in [3.63, 3.8) is 0 Å². The summed E-state index contributed by atoms with van der Waals surface area (Å²) in [6.45, 7) is 2.51. The average Bonchev–Trinajstić information content (AvgIpc) is 3.05. The number of aromatic amines is 1. The summed E-state index contributed by atoms with van der Waals surface area (Å²) in [6, 6.07) is 5.22. The fraction of sp³-hybridized carbons (Fsp3) is 0.278. The second-order valence-electron chi connectivity index (χ2n) is 6.00. The van der Waals surface area contributed by atoms with Crippen molar-refractivity contribution < 1.29 is 9.53 Å². The van der Waals surface area contributed by atoms with Crippen LogP contribution < -0.4 is 10.9 Å². The van der Waals surface area contributed by atoms with Gasteiger partial charge in [0, 0.05) is 37.5 Å². The number of hydrogen-bond donors (Lipinski definition) is 2. The number of methoxy groups -OCH3 is 1. The first-order valence-electron chi connectivity index (χ1n) is 8.23. The fourth-order valence-corrected chi connectivity index (χ4v) is 3.06. The van der Waals surface area contributed by atoms with Gasteiger partial charge in [-0.3, -0.25) is 14.7 Å². The van der Waals surface area contributed by atoms with Crippen LogP contribution >= 0.6 is 23.2 Å². The number of H-pyrrole nitrogens is 1. The maximum Gasteiger partial charge on any atom is 0.276 e. The molecule has 0 fully saturated rings. The Labute approximate surface area is 165 Å². The van der Waals surface area contributed by atoms with E-state index in [4.69, 9.17) is 27.9 Å². The van der Waals surface area contributed by atoms with E-state index in [2.05, 4.69) is 15.4 Å². The molecule has 0 aliphatic heterocycles. The van der Waals surface area contributed by atoms with Crippen LogP contribution in [-0.4, -0.2) is 40.8 Å². The lowest BCUT2D eigenvalue weighted by Gasteiger charge is -2.08. The molecule has 9 heteroatoms. The average molecular weight is 409 g/mol. The summed E-state index contributed by atoms with van der Waals surface area (Å²) in [4.78, 5) is 29.6. The van der Waals surface area contributed by atoms with E-state index in [1.54, 1.807) is 26.2 Å². The molecule has 0 saturated heterocycles. The first-order valence-corrected chi connectivity index (χ1v) is 8.98. The summed E-state index contributed by atoms with van der Waals surface area (Å²) in [5.41, 5.74) is 2.23. The summed E-state index contributed by atoms with van der Waals surface area (Å²) < 4.78 is 6.18. The largest absolute Gasteiger partial charge is 0.383 e. The molecule has 2 N–H and O–H groups in total. The first-order chi connectivity index (χ1) is 12.9. The van der Waals surface area contributed by atoms with Crippen LogP contribution in [0.5, 0.6) is 0 Å². The molecule has 0 saturated carbocycles. The molecule has 0 aliphatic carbocycles. The Morgan fingerprint density at radius 2 is 2.11 bits per heavy atom. The highest BCUT2D eigenvalue weighted by molar-refractivity contribution is 6.42. The number of carbonyl (C=O) groups is 1. The van der Waals surface area contributed by atoms with Crippen LogP contribution in [0.3, 0.4) is 0 Å². The molecule has 3 aromatic rings. The number of amides is 1. The molecule has 0 bridgehead atoms. The van der Waals surface area contributed by atoms with Gasteiger partial charge in [0.25, 0.3) is 11.5 Å². The number of aromatic nitrogens is 3. The number of hydrogen-bond acceptors (Lipinski definition) is 4. The standard InChI is InChI=1S/C18H18Cl2N4O3/c1-10-12(7-11-3-4-14(19)15(20)8-11)18(26)24-16(23-10)13(9-22-24)17(25)21-5-6-27-2/h3-4,8-9,22H,5-7H2,1-2H3,(H,21,25). The van der Waals surface area contributed by atoms with Crippen LogP contribution in [0.2, 0.25) is 10.0 Å². The van der Waals surface area contributed by atoms with Crippen molar-refractivity contribution in [3.05, 3.63) is 67.2 Å². The van der Waals surface area contributed by atoms with Crippen LogP contribution in [0.1, 0.15) is 27.2 Å². The molecule has 0 unspecified atom stereocenters. The van der Waals surface area contributed by atoms with E-state index >= 15 is 0 Å². The Morgan fingerprint density at radius 3 is 2.81 bits per heavy atom. The molecule has 7 nitrogen and oxygen atoms in total. The summed E-state index contributed by atoms with van der Waals surface area (Å²) in [5, 5.41) is 6.40. The van der Waals surface area contributed by atoms with Crippen LogP contribution in [0, 0.1) is 6.92 Å². The second-order valence-corrected chi connectivity index (χ2v) is 6.82. The van der Waals surface area contributed by atoms with Gasteiger partial charge in [-0.05, 0) is 24.6 Å². The second kappa shape index (κ2) is 8.12. The number of rotatable bonds is 6. The lowest BCUT2D eigenvalue weighted by atomic mass is 10.1. The molecule has 27 heavy (non-hydrogen) atoms. The van der Waals surface area contributed by atoms with E-state index in [9.17, 15) is 9.59 Å². The van der Waals surface area contributed by atoms with E-state index in [1.807, 2.05) is 6.07 Å². The van der Waals surface area contributed by atoms with Gasteiger partial charge in [0.15, 0.2) is 5.65 Å². The lowest BCUT2D eigenvalue weighted by molar-refractivity contribution is 0.0938. The zero-order chi connectivity index (χ0) is 19.6. The summed E-state index contributed by atoms with van der Waals surface area (Å²) in [6.07, 6.45) is 1.82. The highest BCUT2D eigenvalue weighted by Gasteiger charge is 2.18. The highest BCUT2D eigenvalue weighted by Crippen LogP contribution is 2.24. The van der Waals surface area contributed by atoms with Crippen molar-refractivity contribution in [1.29, 1.82) is 0 Å². The minimum absolute atomic E-state index is 0.264. The third-order valence-electron chi connectivity index (χ3n) is 4.16. The van der Waals surface area contributed by atoms with Crippen LogP contribution in [0.4, 0.5) is 0 Å². The predicted octanol–water partition coefficient (Wildman–Crippen LogP) is 2.60. The van der Waals surface area contributed by atoms with Crippen molar-refractivity contribution in [1.82, 2.24) is 19.9 Å². The summed E-state index contributed by atoms with van der Waals surface area (Å²) in [5.74, 6) is -0.325. The van der Waals surface area contributed by atoms with E-state index in [1.165, 1.54) is 10.7 Å². The molecule has 0 spiro atoms. The number of nitrogens with zero attached hydrogens (tertiary/aromatic N) is 2. The third kappa shape index (κ3) is 4.00. The molecular formula is C18H18Cl2N4O3. The predicted molar refractivity (Wildman–Crippen MR) is 104 cm³/mol. The maximum atomic E-state index is 12.9. The number of aryl methyl sites for hydroxylation is 1. The zero-order valence-corrected chi connectivity index (χ0v) is 16.3. The number of carbonyl (C=O) groups excluding carboxylic acids is 1. The topological polar surface area (TPSA) is 88.5 Å². The number of ether oxygens (including phenoxy) is 1. The van der Waals surface area contributed by atoms with Gasteiger partial charge < -0.3 is 10.1 Å². The molecule has 1 aromatic carbocycles. The Balaban J connectivity index is 1.96. The molecule has 1 amide bonds. The van der Waals surface area contributed by atoms with Crippen molar-refractivity contribution >= 4 is 34.8 Å². The maximum absolute atomic E-state index is 12.9.